The fraction of sp³-hybridized carbons (Fsp3) is 0.520. The Hall–Kier alpha value is -2.55. The molecule has 8 nitrogen and oxygen atoms in total. The van der Waals surface area contributed by atoms with Crippen LogP contribution in [0.2, 0.25) is 5.02 Å². The summed E-state index contributed by atoms with van der Waals surface area (Å²) in [6.07, 6.45) is 6.08. The number of carbonyl (C=O) groups excluding carboxylic acids is 1. The summed E-state index contributed by atoms with van der Waals surface area (Å²) in [6.45, 7) is 1.56. The minimum absolute atomic E-state index is 0.152. The van der Waals surface area contributed by atoms with Gasteiger partial charge in [0.15, 0.2) is 0 Å². The summed E-state index contributed by atoms with van der Waals surface area (Å²) >= 11 is 6.62. The molecule has 2 aliphatic rings. The Morgan fingerprint density at radius 1 is 1.09 bits per heavy atom. The van der Waals surface area contributed by atoms with Crippen molar-refractivity contribution in [2.75, 3.05) is 32.9 Å². The van der Waals surface area contributed by atoms with E-state index >= 15 is 0 Å². The van der Waals surface area contributed by atoms with E-state index < -0.39 is 0 Å². The summed E-state index contributed by atoms with van der Waals surface area (Å²) in [6, 6.07) is 7.44. The van der Waals surface area contributed by atoms with Gasteiger partial charge in [-0.25, -0.2) is 10.3 Å². The van der Waals surface area contributed by atoms with E-state index in [1.165, 1.54) is 20.0 Å². The molecule has 184 valence electrons. The number of ether oxygens (including phenoxy) is 4. The molecule has 1 saturated carbocycles. The monoisotopic (exact) mass is 490 g/mol. The Morgan fingerprint density at radius 2 is 1.85 bits per heavy atom. The van der Waals surface area contributed by atoms with E-state index in [9.17, 15) is 4.79 Å². The van der Waals surface area contributed by atoms with Gasteiger partial charge in [0.25, 0.3) is 0 Å². The Bertz CT molecular complexity index is 990. The number of hydrogen-bond donors (Lipinski definition) is 1. The zero-order chi connectivity index (χ0) is 23.9. The van der Waals surface area contributed by atoms with Gasteiger partial charge < -0.3 is 23.8 Å². The number of carbonyl (C=O) groups is 1. The molecule has 0 radical (unpaired) electrons. The Balaban J connectivity index is 1.58. The second-order valence-corrected chi connectivity index (χ2v) is 8.91. The first kappa shape index (κ1) is 24.6. The number of anilines is 1. The van der Waals surface area contributed by atoms with E-state index in [0.29, 0.717) is 49.3 Å². The van der Waals surface area contributed by atoms with Gasteiger partial charge in [-0.05, 0) is 48.9 Å². The average Bonchev–Trinajstić information content (AvgIpc) is 3.40. The van der Waals surface area contributed by atoms with Gasteiger partial charge in [0.2, 0.25) is 11.8 Å². The van der Waals surface area contributed by atoms with Gasteiger partial charge in [-0.1, -0.05) is 30.5 Å². The van der Waals surface area contributed by atoms with E-state index in [2.05, 4.69) is 10.5 Å². The number of rotatable bonds is 9. The molecular weight excluding hydrogens is 460 g/mol. The number of nitrogens with one attached hydrogen (secondary N) is 1. The maximum Gasteiger partial charge on any atom is 0.335 e. The third kappa shape index (κ3) is 5.92. The number of benzene rings is 1. The van der Waals surface area contributed by atoms with Crippen molar-refractivity contribution < 1.29 is 28.6 Å². The van der Waals surface area contributed by atoms with Gasteiger partial charge in [-0.15, -0.1) is 0 Å². The molecule has 0 spiro atoms. The molecule has 1 N–H and O–H groups in total. The number of nitrogens with zero attached hydrogens (tertiary/aromatic N) is 1. The lowest BCUT2D eigenvalue weighted by Gasteiger charge is -2.21. The number of pyridine rings is 1. The quantitative estimate of drug-likeness (QED) is 0.481. The zero-order valence-electron chi connectivity index (χ0n) is 19.6. The van der Waals surface area contributed by atoms with Crippen molar-refractivity contribution in [2.45, 2.75) is 51.2 Å². The van der Waals surface area contributed by atoms with Crippen molar-refractivity contribution in [1.29, 1.82) is 0 Å². The standard InChI is InChI=1S/C25H31ClN2O6/c1-30-22-14-21(23(26)24(27-22)31-2)20-8-7-18(13-17(20)15-33-19-5-3-4-6-19)28-34-25(29)16-9-11-32-12-10-16/h7-8,13-14,16,19,28H,3-6,9-12,15H2,1-2H3. The topological polar surface area (TPSA) is 88.1 Å². The van der Waals surface area contributed by atoms with Crippen molar-refractivity contribution in [2.24, 2.45) is 5.92 Å². The van der Waals surface area contributed by atoms with Gasteiger partial charge in [0, 0.05) is 24.8 Å². The predicted octanol–water partition coefficient (Wildman–Crippen LogP) is 5.18. The largest absolute Gasteiger partial charge is 0.481 e. The number of methoxy groups -OCH3 is 2. The first-order valence-corrected chi connectivity index (χ1v) is 12.0. The van der Waals surface area contributed by atoms with Crippen LogP contribution in [-0.4, -0.2) is 44.5 Å². The van der Waals surface area contributed by atoms with E-state index in [1.54, 1.807) is 13.2 Å². The molecule has 34 heavy (non-hydrogen) atoms. The smallest absolute Gasteiger partial charge is 0.335 e. The molecule has 1 aromatic heterocycles. The summed E-state index contributed by atoms with van der Waals surface area (Å²) in [4.78, 5) is 22.1. The molecule has 1 aliphatic carbocycles. The van der Waals surface area contributed by atoms with E-state index in [0.717, 1.165) is 29.5 Å². The summed E-state index contributed by atoms with van der Waals surface area (Å²) in [5.74, 6) is 0.252. The van der Waals surface area contributed by atoms with Crippen LogP contribution in [-0.2, 0) is 25.7 Å². The first-order chi connectivity index (χ1) is 16.6. The maximum atomic E-state index is 12.4. The van der Waals surface area contributed by atoms with Crippen molar-refractivity contribution in [3.8, 4) is 22.9 Å². The van der Waals surface area contributed by atoms with Crippen molar-refractivity contribution in [1.82, 2.24) is 4.98 Å². The third-order valence-corrected chi connectivity index (χ3v) is 6.67. The minimum atomic E-state index is -0.275. The molecular formula is C25H31ClN2O6. The lowest BCUT2D eigenvalue weighted by Crippen LogP contribution is -2.26. The molecule has 2 heterocycles. The van der Waals surface area contributed by atoms with Gasteiger partial charge >= 0.3 is 5.97 Å². The van der Waals surface area contributed by atoms with Gasteiger partial charge in [0.05, 0.1) is 38.5 Å². The van der Waals surface area contributed by atoms with E-state index in [4.69, 9.17) is 35.4 Å². The number of hydrogen-bond acceptors (Lipinski definition) is 8. The van der Waals surface area contributed by atoms with Gasteiger partial charge in [-0.2, -0.15) is 4.98 Å². The van der Waals surface area contributed by atoms with Gasteiger partial charge in [-0.3, -0.25) is 0 Å². The van der Waals surface area contributed by atoms with Crippen molar-refractivity contribution in [3.63, 3.8) is 0 Å². The summed E-state index contributed by atoms with van der Waals surface area (Å²) in [5, 5.41) is 0.386. The van der Waals surface area contributed by atoms with Crippen LogP contribution in [0.15, 0.2) is 24.3 Å². The first-order valence-electron chi connectivity index (χ1n) is 11.7. The molecule has 0 amide bonds. The molecule has 1 saturated heterocycles. The average molecular weight is 491 g/mol. The molecule has 0 atom stereocenters. The minimum Gasteiger partial charge on any atom is -0.481 e. The molecule has 0 unspecified atom stereocenters. The van der Waals surface area contributed by atoms with Crippen LogP contribution < -0.4 is 15.0 Å². The predicted molar refractivity (Wildman–Crippen MR) is 128 cm³/mol. The molecule has 4 rings (SSSR count). The van der Waals surface area contributed by atoms with Crippen molar-refractivity contribution in [3.05, 3.63) is 34.9 Å². The molecule has 0 bridgehead atoms. The van der Waals surface area contributed by atoms with Crippen LogP contribution in [0, 0.1) is 5.92 Å². The summed E-state index contributed by atoms with van der Waals surface area (Å²) in [7, 11) is 3.06. The number of aromatic nitrogens is 1. The van der Waals surface area contributed by atoms with Crippen LogP contribution in [0.25, 0.3) is 11.1 Å². The third-order valence-electron chi connectivity index (χ3n) is 6.30. The summed E-state index contributed by atoms with van der Waals surface area (Å²) in [5.41, 5.74) is 5.95. The second-order valence-electron chi connectivity index (χ2n) is 8.53. The van der Waals surface area contributed by atoms with Crippen LogP contribution in [0.1, 0.15) is 44.1 Å². The van der Waals surface area contributed by atoms with Crippen LogP contribution in [0.3, 0.4) is 0 Å². The van der Waals surface area contributed by atoms with Crippen LogP contribution in [0.5, 0.6) is 11.8 Å². The highest BCUT2D eigenvalue weighted by molar-refractivity contribution is 6.34. The zero-order valence-corrected chi connectivity index (χ0v) is 20.4. The molecule has 1 aliphatic heterocycles. The molecule has 9 heteroatoms. The highest BCUT2D eigenvalue weighted by Gasteiger charge is 2.24. The van der Waals surface area contributed by atoms with Crippen LogP contribution in [0.4, 0.5) is 5.69 Å². The highest BCUT2D eigenvalue weighted by Crippen LogP contribution is 2.39. The second kappa shape index (κ2) is 11.7. The lowest BCUT2D eigenvalue weighted by molar-refractivity contribution is -0.148. The lowest BCUT2D eigenvalue weighted by atomic mass is 9.99. The van der Waals surface area contributed by atoms with E-state index in [-0.39, 0.29) is 23.9 Å². The number of halogens is 1. The van der Waals surface area contributed by atoms with Crippen LogP contribution >= 0.6 is 11.6 Å². The highest BCUT2D eigenvalue weighted by atomic mass is 35.5. The van der Waals surface area contributed by atoms with Gasteiger partial charge in [0.1, 0.15) is 5.02 Å². The Kier molecular flexibility index (Phi) is 8.48. The van der Waals surface area contributed by atoms with Crippen molar-refractivity contribution >= 4 is 23.3 Å². The normalized spacial score (nSPS) is 16.9. The maximum absolute atomic E-state index is 12.4. The Morgan fingerprint density at radius 3 is 2.56 bits per heavy atom. The molecule has 2 fully saturated rings. The SMILES string of the molecule is COc1cc(-c2ccc(NOC(=O)C3CCOCC3)cc2COC2CCCC2)c(Cl)c(OC)n1. The molecule has 1 aromatic carbocycles. The summed E-state index contributed by atoms with van der Waals surface area (Å²) < 4.78 is 22.2. The van der Waals surface area contributed by atoms with E-state index in [1.807, 2.05) is 18.2 Å². The fourth-order valence-corrected chi connectivity index (χ4v) is 4.62. The fourth-order valence-electron chi connectivity index (χ4n) is 4.35. The Labute approximate surface area is 204 Å². The molecule has 2 aromatic rings.